The van der Waals surface area contributed by atoms with Crippen molar-refractivity contribution in [2.24, 2.45) is 0 Å². The predicted molar refractivity (Wildman–Crippen MR) is 95.1 cm³/mol. The summed E-state index contributed by atoms with van der Waals surface area (Å²) >= 11 is 0. The van der Waals surface area contributed by atoms with Crippen molar-refractivity contribution in [2.75, 3.05) is 4.90 Å². The number of pyridine rings is 1. The van der Waals surface area contributed by atoms with Gasteiger partial charge in [-0.25, -0.2) is 0 Å². The topological polar surface area (TPSA) is 62.7 Å². The van der Waals surface area contributed by atoms with Crippen LogP contribution in [0.5, 0.6) is 11.5 Å². The van der Waals surface area contributed by atoms with Crippen LogP contribution in [0.3, 0.4) is 0 Å². The molecule has 0 saturated carbocycles. The fourth-order valence-corrected chi connectivity index (χ4v) is 2.80. The van der Waals surface area contributed by atoms with E-state index in [9.17, 15) is 4.79 Å². The van der Waals surface area contributed by atoms with Crippen LogP contribution < -0.4 is 9.64 Å². The largest absolute Gasteiger partial charge is 0.515 e. The maximum Gasteiger partial charge on any atom is 0.207 e. The SMILES string of the molecule is O=C(C=CO)c1ccc(N2c3ccccc3Oc3ccccc32)cn1. The number of para-hydroxylation sites is 4. The molecule has 0 unspecified atom stereocenters. The fraction of sp³-hybridized carbons (Fsp3) is 0. The number of ketones is 1. The van der Waals surface area contributed by atoms with Crippen molar-refractivity contribution in [3.8, 4) is 11.5 Å². The fourth-order valence-electron chi connectivity index (χ4n) is 2.80. The van der Waals surface area contributed by atoms with Crippen molar-refractivity contribution in [3.05, 3.63) is 84.9 Å². The number of anilines is 3. The van der Waals surface area contributed by atoms with Gasteiger partial charge in [0.25, 0.3) is 0 Å². The second-order valence-corrected chi connectivity index (χ2v) is 5.45. The molecule has 0 atom stereocenters. The van der Waals surface area contributed by atoms with Crippen LogP contribution in [0.4, 0.5) is 17.1 Å². The third-order valence-corrected chi connectivity index (χ3v) is 3.92. The smallest absolute Gasteiger partial charge is 0.207 e. The lowest BCUT2D eigenvalue weighted by Crippen LogP contribution is -2.16. The van der Waals surface area contributed by atoms with Gasteiger partial charge < -0.3 is 14.7 Å². The molecule has 0 radical (unpaired) electrons. The van der Waals surface area contributed by atoms with Crippen LogP contribution in [0.2, 0.25) is 0 Å². The average molecular weight is 330 g/mol. The first-order chi connectivity index (χ1) is 12.3. The van der Waals surface area contributed by atoms with Crippen molar-refractivity contribution in [1.82, 2.24) is 4.98 Å². The maximum absolute atomic E-state index is 11.8. The number of hydrogen-bond donors (Lipinski definition) is 1. The van der Waals surface area contributed by atoms with Crippen molar-refractivity contribution in [1.29, 1.82) is 0 Å². The van der Waals surface area contributed by atoms with Gasteiger partial charge >= 0.3 is 0 Å². The van der Waals surface area contributed by atoms with Crippen molar-refractivity contribution < 1.29 is 14.6 Å². The minimum absolute atomic E-state index is 0.267. The average Bonchev–Trinajstić information content (AvgIpc) is 2.66. The molecule has 0 spiro atoms. The summed E-state index contributed by atoms with van der Waals surface area (Å²) in [6.45, 7) is 0. The molecule has 0 saturated heterocycles. The van der Waals surface area contributed by atoms with E-state index in [1.165, 1.54) is 0 Å². The summed E-state index contributed by atoms with van der Waals surface area (Å²) in [6, 6.07) is 19.0. The number of nitrogens with zero attached hydrogens (tertiary/aromatic N) is 2. The zero-order valence-corrected chi connectivity index (χ0v) is 13.2. The zero-order valence-electron chi connectivity index (χ0n) is 13.2. The van der Waals surface area contributed by atoms with E-state index in [0.717, 1.165) is 34.6 Å². The number of allylic oxidation sites excluding steroid dienone is 1. The Hall–Kier alpha value is -3.60. The molecule has 1 aliphatic heterocycles. The Labute approximate surface area is 144 Å². The van der Waals surface area contributed by atoms with E-state index < -0.39 is 0 Å². The molecule has 0 aliphatic carbocycles. The zero-order chi connectivity index (χ0) is 17.2. The van der Waals surface area contributed by atoms with Crippen LogP contribution >= 0.6 is 0 Å². The number of aliphatic hydroxyl groups excluding tert-OH is 1. The number of aliphatic hydroxyl groups is 1. The van der Waals surface area contributed by atoms with Gasteiger partial charge in [0.2, 0.25) is 5.78 Å². The quantitative estimate of drug-likeness (QED) is 0.328. The molecular weight excluding hydrogens is 316 g/mol. The molecule has 2 aromatic carbocycles. The third kappa shape index (κ3) is 2.61. The third-order valence-electron chi connectivity index (χ3n) is 3.92. The van der Waals surface area contributed by atoms with Gasteiger partial charge in [0.1, 0.15) is 5.69 Å². The van der Waals surface area contributed by atoms with Gasteiger partial charge in [0.15, 0.2) is 11.5 Å². The van der Waals surface area contributed by atoms with Crippen LogP contribution in [0.1, 0.15) is 10.5 Å². The molecule has 5 heteroatoms. The van der Waals surface area contributed by atoms with Crippen LogP contribution in [-0.4, -0.2) is 15.9 Å². The minimum atomic E-state index is -0.350. The molecule has 2 heterocycles. The summed E-state index contributed by atoms with van der Waals surface area (Å²) in [5.74, 6) is 1.16. The molecule has 122 valence electrons. The first-order valence-electron chi connectivity index (χ1n) is 7.75. The number of carbonyl (C=O) groups is 1. The van der Waals surface area contributed by atoms with Gasteiger partial charge in [-0.1, -0.05) is 24.3 Å². The number of fused-ring (bicyclic) bond motifs is 2. The summed E-state index contributed by atoms with van der Waals surface area (Å²) in [5, 5.41) is 8.72. The molecule has 0 amide bonds. The van der Waals surface area contributed by atoms with E-state index in [-0.39, 0.29) is 11.5 Å². The maximum atomic E-state index is 11.8. The molecule has 3 aromatic rings. The monoisotopic (exact) mass is 330 g/mol. The minimum Gasteiger partial charge on any atom is -0.515 e. The highest BCUT2D eigenvalue weighted by Gasteiger charge is 2.25. The highest BCUT2D eigenvalue weighted by molar-refractivity contribution is 6.03. The van der Waals surface area contributed by atoms with E-state index in [1.54, 1.807) is 12.3 Å². The lowest BCUT2D eigenvalue weighted by molar-refractivity contribution is 0.104. The normalized spacial score (nSPS) is 12.4. The molecule has 0 fully saturated rings. The van der Waals surface area contributed by atoms with E-state index in [1.807, 2.05) is 59.5 Å². The van der Waals surface area contributed by atoms with Crippen molar-refractivity contribution in [3.63, 3.8) is 0 Å². The lowest BCUT2D eigenvalue weighted by atomic mass is 10.1. The number of benzene rings is 2. The van der Waals surface area contributed by atoms with Crippen LogP contribution in [0.25, 0.3) is 0 Å². The first kappa shape index (κ1) is 15.0. The standard InChI is InChI=1S/C20H14N2O3/c23-12-11-18(24)15-10-9-14(13-21-15)22-16-5-1-3-7-19(16)25-20-8-4-2-6-17(20)22/h1-13,23H. The number of carbonyl (C=O) groups excluding carboxylic acids is 1. The molecule has 5 nitrogen and oxygen atoms in total. The van der Waals surface area contributed by atoms with Crippen LogP contribution in [0.15, 0.2) is 79.2 Å². The highest BCUT2D eigenvalue weighted by atomic mass is 16.5. The van der Waals surface area contributed by atoms with Crippen LogP contribution in [0, 0.1) is 0 Å². The van der Waals surface area contributed by atoms with Crippen LogP contribution in [-0.2, 0) is 0 Å². The number of hydrogen-bond acceptors (Lipinski definition) is 5. The Kier molecular flexibility index (Phi) is 3.67. The molecule has 1 aliphatic rings. The summed E-state index contributed by atoms with van der Waals surface area (Å²) in [7, 11) is 0. The molecule has 4 rings (SSSR count). The Morgan fingerprint density at radius 1 is 0.960 bits per heavy atom. The Morgan fingerprint density at radius 3 is 2.16 bits per heavy atom. The summed E-state index contributed by atoms with van der Waals surface area (Å²) in [4.78, 5) is 18.0. The second-order valence-electron chi connectivity index (χ2n) is 5.45. The molecule has 1 N–H and O–H groups in total. The van der Waals surface area contributed by atoms with E-state index in [4.69, 9.17) is 9.84 Å². The van der Waals surface area contributed by atoms with E-state index in [2.05, 4.69) is 4.98 Å². The summed E-state index contributed by atoms with van der Waals surface area (Å²) < 4.78 is 5.97. The molecule has 0 bridgehead atoms. The van der Waals surface area contributed by atoms with Crippen molar-refractivity contribution >= 4 is 22.8 Å². The Bertz CT molecular complexity index is 919. The second kappa shape index (κ2) is 6.13. The number of aromatic nitrogens is 1. The van der Waals surface area contributed by atoms with Gasteiger partial charge in [0.05, 0.1) is 29.5 Å². The Morgan fingerprint density at radius 2 is 1.60 bits per heavy atom. The lowest BCUT2D eigenvalue weighted by Gasteiger charge is -2.32. The van der Waals surface area contributed by atoms with Crippen molar-refractivity contribution in [2.45, 2.75) is 0 Å². The van der Waals surface area contributed by atoms with Gasteiger partial charge in [-0.05, 0) is 36.4 Å². The predicted octanol–water partition coefficient (Wildman–Crippen LogP) is 4.91. The van der Waals surface area contributed by atoms with E-state index >= 15 is 0 Å². The molecule has 1 aromatic heterocycles. The van der Waals surface area contributed by atoms with Gasteiger partial charge in [-0.3, -0.25) is 9.78 Å². The summed E-state index contributed by atoms with van der Waals surface area (Å²) in [6.07, 6.45) is 3.42. The number of ether oxygens (including phenoxy) is 1. The highest BCUT2D eigenvalue weighted by Crippen LogP contribution is 2.49. The molecular formula is C20H14N2O3. The summed E-state index contributed by atoms with van der Waals surface area (Å²) in [5.41, 5.74) is 2.88. The Balaban J connectivity index is 1.81. The van der Waals surface area contributed by atoms with Gasteiger partial charge in [-0.2, -0.15) is 0 Å². The van der Waals surface area contributed by atoms with Gasteiger partial charge in [0, 0.05) is 6.08 Å². The first-order valence-corrected chi connectivity index (χ1v) is 7.75. The molecule has 25 heavy (non-hydrogen) atoms. The number of rotatable bonds is 3. The van der Waals surface area contributed by atoms with E-state index in [0.29, 0.717) is 6.26 Å². The van der Waals surface area contributed by atoms with Gasteiger partial charge in [-0.15, -0.1) is 0 Å².